The summed E-state index contributed by atoms with van der Waals surface area (Å²) in [4.78, 5) is 3.74. The molecule has 0 aliphatic rings. The normalized spacial score (nSPS) is 11.7. The summed E-state index contributed by atoms with van der Waals surface area (Å²) in [5.41, 5.74) is 0.526. The molecule has 9 heteroatoms. The Balaban J connectivity index is 2.51. The van der Waals surface area contributed by atoms with Crippen LogP contribution in [0.2, 0.25) is 0 Å². The van der Waals surface area contributed by atoms with Crippen LogP contribution in [-0.2, 0) is 10.0 Å². The molecule has 6 nitrogen and oxygen atoms in total. The Morgan fingerprint density at radius 3 is 2.65 bits per heavy atom. The number of sulfonamides is 1. The van der Waals surface area contributed by atoms with Crippen molar-refractivity contribution >= 4 is 32.6 Å². The standard InChI is InChI=1S/C8H6FIN4O2S/c9-4-1-2-5(6(10)3-4)7-12-8(14-13-7)17(11,15)16/h1-3H,(H2,11,15,16)(H,12,13,14). The third-order valence-electron chi connectivity index (χ3n) is 1.91. The van der Waals surface area contributed by atoms with E-state index in [2.05, 4.69) is 15.2 Å². The molecule has 17 heavy (non-hydrogen) atoms. The van der Waals surface area contributed by atoms with Crippen molar-refractivity contribution in [2.75, 3.05) is 0 Å². The smallest absolute Gasteiger partial charge is 0.248 e. The van der Waals surface area contributed by atoms with Crippen LogP contribution in [0.4, 0.5) is 4.39 Å². The molecule has 0 radical (unpaired) electrons. The quantitative estimate of drug-likeness (QED) is 0.768. The van der Waals surface area contributed by atoms with Gasteiger partial charge in [-0.15, -0.1) is 0 Å². The van der Waals surface area contributed by atoms with Gasteiger partial charge in [0.25, 0.3) is 15.2 Å². The molecule has 0 aliphatic heterocycles. The van der Waals surface area contributed by atoms with Gasteiger partial charge in [0.1, 0.15) is 5.82 Å². The summed E-state index contributed by atoms with van der Waals surface area (Å²) in [6, 6.07) is 4.00. The number of aromatic amines is 1. The van der Waals surface area contributed by atoms with E-state index in [1.807, 2.05) is 22.6 Å². The average Bonchev–Trinajstić information content (AvgIpc) is 2.65. The first-order valence-electron chi connectivity index (χ1n) is 4.28. The summed E-state index contributed by atoms with van der Waals surface area (Å²) < 4.78 is 35.5. The summed E-state index contributed by atoms with van der Waals surface area (Å²) in [5, 5.41) is 10.4. The van der Waals surface area contributed by atoms with Crippen LogP contribution in [0, 0.1) is 9.39 Å². The fraction of sp³-hybridized carbons (Fsp3) is 0. The molecule has 2 aromatic rings. The second-order valence-corrected chi connectivity index (χ2v) is 5.77. The topological polar surface area (TPSA) is 102 Å². The van der Waals surface area contributed by atoms with Crippen LogP contribution in [0.3, 0.4) is 0 Å². The van der Waals surface area contributed by atoms with E-state index in [9.17, 15) is 12.8 Å². The molecule has 1 heterocycles. The van der Waals surface area contributed by atoms with Crippen LogP contribution >= 0.6 is 22.6 Å². The van der Waals surface area contributed by atoms with Crippen LogP contribution in [0.1, 0.15) is 0 Å². The van der Waals surface area contributed by atoms with Gasteiger partial charge in [0, 0.05) is 9.13 Å². The van der Waals surface area contributed by atoms with E-state index in [0.29, 0.717) is 9.13 Å². The van der Waals surface area contributed by atoms with Gasteiger partial charge >= 0.3 is 0 Å². The maximum atomic E-state index is 12.9. The Hall–Kier alpha value is -1.07. The second-order valence-electron chi connectivity index (χ2n) is 3.13. The fourth-order valence-corrected chi connectivity index (χ4v) is 2.27. The highest BCUT2D eigenvalue weighted by Gasteiger charge is 2.16. The number of hydrogen-bond donors (Lipinski definition) is 2. The summed E-state index contributed by atoms with van der Waals surface area (Å²) >= 11 is 1.91. The number of benzene rings is 1. The fourth-order valence-electron chi connectivity index (χ4n) is 1.17. The summed E-state index contributed by atoms with van der Waals surface area (Å²) in [6.07, 6.45) is 0. The third kappa shape index (κ3) is 2.61. The predicted molar refractivity (Wildman–Crippen MR) is 65.9 cm³/mol. The van der Waals surface area contributed by atoms with E-state index in [0.717, 1.165) is 0 Å². The molecule has 90 valence electrons. The van der Waals surface area contributed by atoms with E-state index in [1.165, 1.54) is 18.2 Å². The third-order valence-corrected chi connectivity index (χ3v) is 3.52. The van der Waals surface area contributed by atoms with Crippen molar-refractivity contribution in [1.82, 2.24) is 15.2 Å². The van der Waals surface area contributed by atoms with Gasteiger partial charge in [0.2, 0.25) is 0 Å². The highest BCUT2D eigenvalue weighted by atomic mass is 127. The molecule has 2 rings (SSSR count). The van der Waals surface area contributed by atoms with Crippen LogP contribution in [0.5, 0.6) is 0 Å². The number of nitrogens with two attached hydrogens (primary N) is 1. The zero-order valence-corrected chi connectivity index (χ0v) is 11.2. The molecule has 1 aromatic heterocycles. The molecule has 0 unspecified atom stereocenters. The molecule has 0 bridgehead atoms. The van der Waals surface area contributed by atoms with E-state index >= 15 is 0 Å². The summed E-state index contributed by atoms with van der Waals surface area (Å²) in [7, 11) is -3.92. The van der Waals surface area contributed by atoms with Crippen LogP contribution in [-0.4, -0.2) is 23.6 Å². The van der Waals surface area contributed by atoms with Gasteiger partial charge in [-0.1, -0.05) is 0 Å². The lowest BCUT2D eigenvalue weighted by molar-refractivity contribution is 0.589. The highest BCUT2D eigenvalue weighted by molar-refractivity contribution is 14.1. The lowest BCUT2D eigenvalue weighted by atomic mass is 10.2. The Labute approximate surface area is 110 Å². The largest absolute Gasteiger partial charge is 0.273 e. The first-order chi connectivity index (χ1) is 7.88. The molecule has 0 atom stereocenters. The zero-order valence-electron chi connectivity index (χ0n) is 8.18. The summed E-state index contributed by atoms with van der Waals surface area (Å²) in [5.74, 6) is -0.237. The Bertz CT molecular complexity index is 670. The number of primary sulfonamides is 1. The van der Waals surface area contributed by atoms with Crippen molar-refractivity contribution in [2.45, 2.75) is 5.16 Å². The van der Waals surface area contributed by atoms with E-state index in [4.69, 9.17) is 5.14 Å². The van der Waals surface area contributed by atoms with Gasteiger partial charge in [-0.25, -0.2) is 23.0 Å². The van der Waals surface area contributed by atoms with Gasteiger partial charge in [-0.3, -0.25) is 0 Å². The van der Waals surface area contributed by atoms with Gasteiger partial charge in [-0.2, -0.15) is 10.1 Å². The predicted octanol–water partition coefficient (Wildman–Crippen LogP) is 0.863. The molecule has 0 aliphatic carbocycles. The molecule has 0 saturated carbocycles. The van der Waals surface area contributed by atoms with Crippen molar-refractivity contribution < 1.29 is 12.8 Å². The number of nitrogens with one attached hydrogen (secondary N) is 1. The number of halogens is 2. The lowest BCUT2D eigenvalue weighted by Crippen LogP contribution is -2.13. The SMILES string of the molecule is NS(=O)(=O)c1nc(-c2ccc(F)cc2I)n[nH]1. The van der Waals surface area contributed by atoms with Crippen molar-refractivity contribution in [3.05, 3.63) is 27.6 Å². The van der Waals surface area contributed by atoms with Crippen molar-refractivity contribution in [2.24, 2.45) is 5.14 Å². The minimum Gasteiger partial charge on any atom is -0.248 e. The second kappa shape index (κ2) is 4.31. The van der Waals surface area contributed by atoms with E-state index < -0.39 is 15.2 Å². The van der Waals surface area contributed by atoms with Crippen LogP contribution < -0.4 is 5.14 Å². The lowest BCUT2D eigenvalue weighted by Gasteiger charge is -1.98. The van der Waals surface area contributed by atoms with Crippen molar-refractivity contribution in [3.63, 3.8) is 0 Å². The number of nitrogens with zero attached hydrogens (tertiary/aromatic N) is 2. The number of hydrogen-bond acceptors (Lipinski definition) is 4. The Morgan fingerprint density at radius 2 is 2.12 bits per heavy atom. The molecule has 3 N–H and O–H groups in total. The monoisotopic (exact) mass is 368 g/mol. The van der Waals surface area contributed by atoms with Crippen molar-refractivity contribution in [3.8, 4) is 11.4 Å². The van der Waals surface area contributed by atoms with Gasteiger partial charge in [-0.05, 0) is 40.8 Å². The maximum absolute atomic E-state index is 12.9. The first-order valence-corrected chi connectivity index (χ1v) is 6.91. The number of rotatable bonds is 2. The minimum absolute atomic E-state index is 0.151. The molecular formula is C8H6FIN4O2S. The maximum Gasteiger partial charge on any atom is 0.273 e. The van der Waals surface area contributed by atoms with Crippen LogP contribution in [0.15, 0.2) is 23.4 Å². The molecule has 0 amide bonds. The molecule has 0 spiro atoms. The van der Waals surface area contributed by atoms with Crippen molar-refractivity contribution in [1.29, 1.82) is 0 Å². The minimum atomic E-state index is -3.92. The summed E-state index contributed by atoms with van der Waals surface area (Å²) in [6.45, 7) is 0. The Kier molecular flexibility index (Phi) is 3.14. The van der Waals surface area contributed by atoms with Gasteiger partial charge < -0.3 is 0 Å². The molecule has 1 aromatic carbocycles. The number of H-pyrrole nitrogens is 1. The molecular weight excluding hydrogens is 362 g/mol. The highest BCUT2D eigenvalue weighted by Crippen LogP contribution is 2.23. The first kappa shape index (κ1) is 12.4. The zero-order chi connectivity index (χ0) is 12.6. The molecule has 0 saturated heterocycles. The van der Waals surface area contributed by atoms with Crippen LogP contribution in [0.25, 0.3) is 11.4 Å². The van der Waals surface area contributed by atoms with Gasteiger partial charge in [0.15, 0.2) is 5.82 Å². The number of aromatic nitrogens is 3. The van der Waals surface area contributed by atoms with E-state index in [-0.39, 0.29) is 11.6 Å². The Morgan fingerprint density at radius 1 is 1.41 bits per heavy atom. The van der Waals surface area contributed by atoms with Gasteiger partial charge in [0.05, 0.1) is 0 Å². The average molecular weight is 368 g/mol. The molecule has 0 fully saturated rings. The van der Waals surface area contributed by atoms with E-state index in [1.54, 1.807) is 0 Å².